The van der Waals surface area contributed by atoms with Gasteiger partial charge in [0.05, 0.1) is 5.69 Å². The Balaban J connectivity index is 2.14. The maximum atomic E-state index is 11.9. The van der Waals surface area contributed by atoms with Gasteiger partial charge in [0.25, 0.3) is 5.91 Å². The van der Waals surface area contributed by atoms with E-state index in [-0.39, 0.29) is 12.5 Å². The lowest BCUT2D eigenvalue weighted by atomic mass is 10.2. The second-order valence-corrected chi connectivity index (χ2v) is 4.72. The number of carbonyl (C=O) groups excluding carboxylic acids is 1. The summed E-state index contributed by atoms with van der Waals surface area (Å²) < 4.78 is 5.39. The van der Waals surface area contributed by atoms with E-state index in [0.29, 0.717) is 12.2 Å². The van der Waals surface area contributed by atoms with Crippen LogP contribution in [-0.2, 0) is 4.79 Å². The molecule has 0 aromatic heterocycles. The number of carbonyl (C=O) groups is 1. The topological polar surface area (TPSA) is 58.8 Å². The summed E-state index contributed by atoms with van der Waals surface area (Å²) in [5.41, 5.74) is 7.19. The number of nitrogens with two attached hydrogens (primary N) is 1. The Kier molecular flexibility index (Phi) is 3.72. The smallest absolute Gasteiger partial charge is 0.265 e. The number of rotatable bonds is 4. The lowest BCUT2D eigenvalue weighted by Gasteiger charge is -2.30. The molecular weight excluding hydrogens is 230 g/mol. The molecule has 1 aliphatic rings. The number of nitrogen functional groups attached to an aromatic ring is 1. The highest BCUT2D eigenvalue weighted by atomic mass is 16.5. The zero-order valence-electron chi connectivity index (χ0n) is 10.8. The summed E-state index contributed by atoms with van der Waals surface area (Å²) in [4.78, 5) is 15.8. The number of fused-ring (bicyclic) bond motifs is 1. The number of anilines is 2. The quantitative estimate of drug-likeness (QED) is 0.807. The molecule has 0 unspecified atom stereocenters. The van der Waals surface area contributed by atoms with E-state index < -0.39 is 0 Å². The van der Waals surface area contributed by atoms with Crippen molar-refractivity contribution in [2.75, 3.05) is 44.4 Å². The van der Waals surface area contributed by atoms with Crippen LogP contribution in [0.5, 0.6) is 5.75 Å². The molecule has 0 atom stereocenters. The molecule has 5 heteroatoms. The van der Waals surface area contributed by atoms with Crippen molar-refractivity contribution >= 4 is 17.3 Å². The Hall–Kier alpha value is -1.75. The molecule has 1 aliphatic heterocycles. The van der Waals surface area contributed by atoms with Crippen LogP contribution < -0.4 is 15.4 Å². The fraction of sp³-hybridized carbons (Fsp3) is 0.462. The maximum absolute atomic E-state index is 11.9. The van der Waals surface area contributed by atoms with Crippen molar-refractivity contribution in [2.45, 2.75) is 6.42 Å². The standard InChI is InChI=1S/C13H19N3O2/c1-15(2)6-3-7-16-11-8-10(14)4-5-12(11)18-9-13(16)17/h4-5,8H,3,6-7,9,14H2,1-2H3. The van der Waals surface area contributed by atoms with Crippen molar-refractivity contribution in [3.05, 3.63) is 18.2 Å². The average molecular weight is 249 g/mol. The van der Waals surface area contributed by atoms with Crippen LogP contribution in [0.2, 0.25) is 0 Å². The van der Waals surface area contributed by atoms with Gasteiger partial charge in [-0.25, -0.2) is 0 Å². The van der Waals surface area contributed by atoms with Gasteiger partial charge in [-0.05, 0) is 45.3 Å². The highest BCUT2D eigenvalue weighted by molar-refractivity contribution is 5.98. The first-order chi connectivity index (χ1) is 8.58. The normalized spacial score (nSPS) is 14.6. The van der Waals surface area contributed by atoms with Crippen molar-refractivity contribution in [2.24, 2.45) is 0 Å². The van der Waals surface area contributed by atoms with Gasteiger partial charge < -0.3 is 20.3 Å². The van der Waals surface area contributed by atoms with Crippen molar-refractivity contribution < 1.29 is 9.53 Å². The van der Waals surface area contributed by atoms with E-state index in [1.54, 1.807) is 17.0 Å². The van der Waals surface area contributed by atoms with Gasteiger partial charge in [-0.1, -0.05) is 0 Å². The summed E-state index contributed by atoms with van der Waals surface area (Å²) >= 11 is 0. The summed E-state index contributed by atoms with van der Waals surface area (Å²) in [6.45, 7) is 1.75. The first kappa shape index (κ1) is 12.7. The van der Waals surface area contributed by atoms with Gasteiger partial charge in [0.15, 0.2) is 6.61 Å². The predicted octanol–water partition coefficient (Wildman–Crippen LogP) is 0.946. The molecule has 0 bridgehead atoms. The Morgan fingerprint density at radius 2 is 2.22 bits per heavy atom. The minimum atomic E-state index is -0.00754. The SMILES string of the molecule is CN(C)CCCN1C(=O)COc2ccc(N)cc21. The molecule has 18 heavy (non-hydrogen) atoms. The Bertz CT molecular complexity index is 446. The van der Waals surface area contributed by atoms with Crippen LogP contribution in [0.4, 0.5) is 11.4 Å². The van der Waals surface area contributed by atoms with Crippen LogP contribution >= 0.6 is 0 Å². The molecule has 2 N–H and O–H groups in total. The van der Waals surface area contributed by atoms with Gasteiger partial charge in [-0.15, -0.1) is 0 Å². The molecule has 0 radical (unpaired) electrons. The fourth-order valence-corrected chi connectivity index (χ4v) is 2.01. The molecule has 1 amide bonds. The summed E-state index contributed by atoms with van der Waals surface area (Å²) in [6, 6.07) is 5.39. The Morgan fingerprint density at radius 3 is 2.94 bits per heavy atom. The van der Waals surface area contributed by atoms with E-state index in [1.807, 2.05) is 20.2 Å². The van der Waals surface area contributed by atoms with Gasteiger partial charge in [0.2, 0.25) is 0 Å². The predicted molar refractivity (Wildman–Crippen MR) is 71.9 cm³/mol. The van der Waals surface area contributed by atoms with Crippen molar-refractivity contribution in [3.63, 3.8) is 0 Å². The minimum absolute atomic E-state index is 0.00754. The third-order valence-corrected chi connectivity index (χ3v) is 2.91. The Labute approximate surface area is 107 Å². The fourth-order valence-electron chi connectivity index (χ4n) is 2.01. The third-order valence-electron chi connectivity index (χ3n) is 2.91. The molecule has 0 spiro atoms. The molecule has 0 saturated heterocycles. The second-order valence-electron chi connectivity index (χ2n) is 4.72. The summed E-state index contributed by atoms with van der Waals surface area (Å²) in [5, 5.41) is 0. The molecule has 0 aliphatic carbocycles. The largest absolute Gasteiger partial charge is 0.482 e. The lowest BCUT2D eigenvalue weighted by molar-refractivity contribution is -0.121. The van der Waals surface area contributed by atoms with E-state index in [9.17, 15) is 4.79 Å². The highest BCUT2D eigenvalue weighted by Gasteiger charge is 2.25. The third kappa shape index (κ3) is 2.73. The lowest BCUT2D eigenvalue weighted by Crippen LogP contribution is -2.40. The van der Waals surface area contributed by atoms with Gasteiger partial charge in [0.1, 0.15) is 5.75 Å². The number of nitrogens with zero attached hydrogens (tertiary/aromatic N) is 2. The van der Waals surface area contributed by atoms with Crippen molar-refractivity contribution in [3.8, 4) is 5.75 Å². The van der Waals surface area contributed by atoms with Crippen LogP contribution in [-0.4, -0.2) is 44.6 Å². The van der Waals surface area contributed by atoms with Crippen molar-refractivity contribution in [1.29, 1.82) is 0 Å². The summed E-state index contributed by atoms with van der Waals surface area (Å²) in [7, 11) is 4.04. The summed E-state index contributed by atoms with van der Waals surface area (Å²) in [6.07, 6.45) is 0.924. The van der Waals surface area contributed by atoms with Gasteiger partial charge in [0, 0.05) is 12.2 Å². The molecule has 98 valence electrons. The first-order valence-corrected chi connectivity index (χ1v) is 6.05. The molecule has 0 saturated carbocycles. The number of benzene rings is 1. The maximum Gasteiger partial charge on any atom is 0.265 e. The molecule has 1 aromatic rings. The van der Waals surface area contributed by atoms with E-state index >= 15 is 0 Å². The molecule has 2 rings (SSSR count). The molecule has 5 nitrogen and oxygen atoms in total. The highest BCUT2D eigenvalue weighted by Crippen LogP contribution is 2.33. The zero-order chi connectivity index (χ0) is 13.1. The van der Waals surface area contributed by atoms with Crippen LogP contribution in [0.15, 0.2) is 18.2 Å². The van der Waals surface area contributed by atoms with E-state index in [1.165, 1.54) is 0 Å². The molecule has 1 aromatic carbocycles. The summed E-state index contributed by atoms with van der Waals surface area (Å²) in [5.74, 6) is 0.723. The first-order valence-electron chi connectivity index (χ1n) is 6.05. The second kappa shape index (κ2) is 5.27. The zero-order valence-corrected chi connectivity index (χ0v) is 10.8. The molecule has 0 fully saturated rings. The van der Waals surface area contributed by atoms with Gasteiger partial charge in [-0.2, -0.15) is 0 Å². The van der Waals surface area contributed by atoms with Crippen molar-refractivity contribution in [1.82, 2.24) is 4.90 Å². The van der Waals surface area contributed by atoms with Crippen LogP contribution in [0.1, 0.15) is 6.42 Å². The van der Waals surface area contributed by atoms with E-state index in [0.717, 1.165) is 24.4 Å². The monoisotopic (exact) mass is 249 g/mol. The van der Waals surface area contributed by atoms with E-state index in [2.05, 4.69) is 4.90 Å². The van der Waals surface area contributed by atoms with Crippen LogP contribution in [0.3, 0.4) is 0 Å². The molecular formula is C13H19N3O2. The minimum Gasteiger partial charge on any atom is -0.482 e. The van der Waals surface area contributed by atoms with E-state index in [4.69, 9.17) is 10.5 Å². The number of hydrogen-bond donors (Lipinski definition) is 1. The Morgan fingerprint density at radius 1 is 1.44 bits per heavy atom. The average Bonchev–Trinajstić information content (AvgIpc) is 2.31. The number of hydrogen-bond acceptors (Lipinski definition) is 4. The van der Waals surface area contributed by atoms with Crippen LogP contribution in [0.25, 0.3) is 0 Å². The van der Waals surface area contributed by atoms with Crippen LogP contribution in [0, 0.1) is 0 Å². The van der Waals surface area contributed by atoms with Gasteiger partial charge in [-0.3, -0.25) is 4.79 Å². The number of amides is 1. The number of ether oxygens (including phenoxy) is 1. The van der Waals surface area contributed by atoms with Gasteiger partial charge >= 0.3 is 0 Å². The molecule has 1 heterocycles.